The van der Waals surface area contributed by atoms with Gasteiger partial charge in [0.25, 0.3) is 0 Å². The first-order chi connectivity index (χ1) is 15.0. The van der Waals surface area contributed by atoms with Crippen molar-refractivity contribution in [2.75, 3.05) is 11.5 Å². The summed E-state index contributed by atoms with van der Waals surface area (Å²) in [5.41, 5.74) is 5.32. The number of hydrogen-bond acceptors (Lipinski definition) is 4. The van der Waals surface area contributed by atoms with Gasteiger partial charge in [-0.05, 0) is 55.2 Å². The summed E-state index contributed by atoms with van der Waals surface area (Å²) in [6, 6.07) is 22.2. The SMILES string of the molecule is CCOc1cccc2sc(N(Cc3ccccc3)C(=O)Cc3ccc(C)c(C)c3)nc12. The van der Waals surface area contributed by atoms with E-state index in [2.05, 4.69) is 26.0 Å². The Morgan fingerprint density at radius 3 is 2.52 bits per heavy atom. The van der Waals surface area contributed by atoms with E-state index in [-0.39, 0.29) is 5.91 Å². The minimum absolute atomic E-state index is 0.0316. The standard InChI is InChI=1S/C26H26N2O2S/c1-4-30-22-11-8-12-23-25(22)27-26(31-23)28(17-20-9-6-5-7-10-20)24(29)16-21-14-13-18(2)19(3)15-21/h5-15H,4,16-17H2,1-3H3. The van der Waals surface area contributed by atoms with Gasteiger partial charge in [0.05, 0.1) is 24.3 Å². The number of aryl methyl sites for hydroxylation is 2. The Bertz CT molecular complexity index is 1200. The van der Waals surface area contributed by atoms with Gasteiger partial charge in [0.15, 0.2) is 5.13 Å². The van der Waals surface area contributed by atoms with Gasteiger partial charge < -0.3 is 4.74 Å². The Balaban J connectivity index is 1.70. The van der Waals surface area contributed by atoms with E-state index in [1.54, 1.807) is 4.90 Å². The molecule has 0 radical (unpaired) electrons. The number of anilines is 1. The van der Waals surface area contributed by atoms with E-state index < -0.39 is 0 Å². The Kier molecular flexibility index (Phi) is 6.33. The number of fused-ring (bicyclic) bond motifs is 1. The molecule has 0 aliphatic carbocycles. The molecule has 4 rings (SSSR count). The molecule has 0 spiro atoms. The highest BCUT2D eigenvalue weighted by molar-refractivity contribution is 7.22. The lowest BCUT2D eigenvalue weighted by Gasteiger charge is -2.20. The van der Waals surface area contributed by atoms with Crippen LogP contribution in [0.2, 0.25) is 0 Å². The highest BCUT2D eigenvalue weighted by atomic mass is 32.1. The second-order valence-corrected chi connectivity index (χ2v) is 8.60. The smallest absolute Gasteiger partial charge is 0.233 e. The van der Waals surface area contributed by atoms with Gasteiger partial charge in [-0.25, -0.2) is 4.98 Å². The van der Waals surface area contributed by atoms with Gasteiger partial charge in [-0.3, -0.25) is 9.69 Å². The summed E-state index contributed by atoms with van der Waals surface area (Å²) in [5.74, 6) is 0.785. The fraction of sp³-hybridized carbons (Fsp3) is 0.231. The molecular weight excluding hydrogens is 404 g/mol. The zero-order valence-corrected chi connectivity index (χ0v) is 18.9. The van der Waals surface area contributed by atoms with E-state index in [4.69, 9.17) is 9.72 Å². The summed E-state index contributed by atoms with van der Waals surface area (Å²) < 4.78 is 6.76. The molecule has 1 amide bonds. The minimum Gasteiger partial charge on any atom is -0.492 e. The molecule has 158 valence electrons. The molecule has 0 aliphatic rings. The molecule has 4 nitrogen and oxygen atoms in total. The molecule has 0 atom stereocenters. The lowest BCUT2D eigenvalue weighted by Crippen LogP contribution is -2.31. The molecule has 0 saturated carbocycles. The zero-order chi connectivity index (χ0) is 21.8. The van der Waals surface area contributed by atoms with E-state index in [1.807, 2.05) is 61.5 Å². The van der Waals surface area contributed by atoms with E-state index >= 15 is 0 Å². The highest BCUT2D eigenvalue weighted by Crippen LogP contribution is 2.35. The van der Waals surface area contributed by atoms with Crippen LogP contribution in [0, 0.1) is 13.8 Å². The maximum atomic E-state index is 13.5. The van der Waals surface area contributed by atoms with Crippen molar-refractivity contribution in [3.05, 3.63) is 89.0 Å². The third-order valence-corrected chi connectivity index (χ3v) is 6.36. The highest BCUT2D eigenvalue weighted by Gasteiger charge is 2.22. The molecule has 1 heterocycles. The van der Waals surface area contributed by atoms with Crippen molar-refractivity contribution in [1.29, 1.82) is 0 Å². The molecule has 0 aliphatic heterocycles. The van der Waals surface area contributed by atoms with E-state index in [0.29, 0.717) is 24.7 Å². The number of rotatable bonds is 7. The summed E-state index contributed by atoms with van der Waals surface area (Å²) >= 11 is 1.52. The molecule has 4 aromatic rings. The summed E-state index contributed by atoms with van der Waals surface area (Å²) in [6.07, 6.45) is 0.336. The van der Waals surface area contributed by atoms with Crippen molar-refractivity contribution in [3.8, 4) is 5.75 Å². The molecular formula is C26H26N2O2S. The first-order valence-corrected chi connectivity index (χ1v) is 11.3. The predicted molar refractivity (Wildman–Crippen MR) is 128 cm³/mol. The van der Waals surface area contributed by atoms with Crippen LogP contribution in [0.1, 0.15) is 29.2 Å². The maximum Gasteiger partial charge on any atom is 0.233 e. The van der Waals surface area contributed by atoms with Crippen LogP contribution in [0.15, 0.2) is 66.7 Å². The third kappa shape index (κ3) is 4.78. The number of aromatic nitrogens is 1. The molecule has 31 heavy (non-hydrogen) atoms. The zero-order valence-electron chi connectivity index (χ0n) is 18.1. The van der Waals surface area contributed by atoms with Gasteiger partial charge in [-0.1, -0.05) is 65.9 Å². The van der Waals surface area contributed by atoms with Crippen LogP contribution in [-0.2, 0) is 17.8 Å². The van der Waals surface area contributed by atoms with Crippen LogP contribution in [0.4, 0.5) is 5.13 Å². The van der Waals surface area contributed by atoms with Crippen LogP contribution < -0.4 is 9.64 Å². The summed E-state index contributed by atoms with van der Waals surface area (Å²) in [5, 5.41) is 0.694. The fourth-order valence-corrected chi connectivity index (χ4v) is 4.51. The van der Waals surface area contributed by atoms with Gasteiger partial charge in [-0.2, -0.15) is 0 Å². The number of amides is 1. The largest absolute Gasteiger partial charge is 0.492 e. The number of ether oxygens (including phenoxy) is 1. The minimum atomic E-state index is 0.0316. The molecule has 3 aromatic carbocycles. The normalized spacial score (nSPS) is 10.9. The van der Waals surface area contributed by atoms with Crippen molar-refractivity contribution in [3.63, 3.8) is 0 Å². The maximum absolute atomic E-state index is 13.5. The molecule has 0 saturated heterocycles. The van der Waals surface area contributed by atoms with Crippen molar-refractivity contribution in [1.82, 2.24) is 4.98 Å². The summed E-state index contributed by atoms with van der Waals surface area (Å²) in [6.45, 7) is 7.17. The molecule has 0 bridgehead atoms. The second kappa shape index (κ2) is 9.31. The number of hydrogen-bond donors (Lipinski definition) is 0. The topological polar surface area (TPSA) is 42.4 Å². The van der Waals surface area contributed by atoms with Crippen LogP contribution in [-0.4, -0.2) is 17.5 Å². The van der Waals surface area contributed by atoms with E-state index in [9.17, 15) is 4.79 Å². The van der Waals surface area contributed by atoms with Gasteiger partial charge in [0, 0.05) is 0 Å². The summed E-state index contributed by atoms with van der Waals surface area (Å²) in [4.78, 5) is 20.1. The predicted octanol–water partition coefficient (Wildman–Crippen LogP) is 6.09. The van der Waals surface area contributed by atoms with Crippen molar-refractivity contribution in [2.45, 2.75) is 33.7 Å². The second-order valence-electron chi connectivity index (χ2n) is 7.59. The number of thiazole rings is 1. The van der Waals surface area contributed by atoms with Crippen LogP contribution in [0.25, 0.3) is 10.2 Å². The Hall–Kier alpha value is -3.18. The number of carbonyl (C=O) groups excluding carboxylic acids is 1. The molecule has 0 N–H and O–H groups in total. The fourth-order valence-electron chi connectivity index (χ4n) is 3.51. The Morgan fingerprint density at radius 1 is 0.968 bits per heavy atom. The molecule has 0 unspecified atom stereocenters. The van der Waals surface area contributed by atoms with Gasteiger partial charge in [0.2, 0.25) is 5.91 Å². The molecule has 5 heteroatoms. The first kappa shape index (κ1) is 21.1. The average Bonchev–Trinajstić information content (AvgIpc) is 3.20. The van der Waals surface area contributed by atoms with Crippen molar-refractivity contribution in [2.24, 2.45) is 0 Å². The van der Waals surface area contributed by atoms with Gasteiger partial charge in [-0.15, -0.1) is 0 Å². The quantitative estimate of drug-likeness (QED) is 0.356. The van der Waals surface area contributed by atoms with Crippen molar-refractivity contribution < 1.29 is 9.53 Å². The number of benzene rings is 3. The van der Waals surface area contributed by atoms with Crippen molar-refractivity contribution >= 4 is 32.6 Å². The molecule has 0 fully saturated rings. The van der Waals surface area contributed by atoms with Gasteiger partial charge in [0.1, 0.15) is 11.3 Å². The molecule has 1 aromatic heterocycles. The lowest BCUT2D eigenvalue weighted by atomic mass is 10.0. The number of nitrogens with zero attached hydrogens (tertiary/aromatic N) is 2. The van der Waals surface area contributed by atoms with Gasteiger partial charge >= 0.3 is 0 Å². The number of para-hydroxylation sites is 1. The van der Waals surface area contributed by atoms with Crippen LogP contribution >= 0.6 is 11.3 Å². The third-order valence-electron chi connectivity index (χ3n) is 5.31. The van der Waals surface area contributed by atoms with E-state index in [1.165, 1.54) is 22.5 Å². The number of carbonyl (C=O) groups is 1. The Labute approximate surface area is 187 Å². The van der Waals surface area contributed by atoms with E-state index in [0.717, 1.165) is 27.1 Å². The van der Waals surface area contributed by atoms with Crippen LogP contribution in [0.5, 0.6) is 5.75 Å². The first-order valence-electron chi connectivity index (χ1n) is 10.5. The lowest BCUT2D eigenvalue weighted by molar-refractivity contribution is -0.118. The monoisotopic (exact) mass is 430 g/mol. The van der Waals surface area contributed by atoms with Crippen LogP contribution in [0.3, 0.4) is 0 Å². The average molecular weight is 431 g/mol. The summed E-state index contributed by atoms with van der Waals surface area (Å²) in [7, 11) is 0. The Morgan fingerprint density at radius 2 is 1.77 bits per heavy atom.